The first-order valence-electron chi connectivity index (χ1n) is 8.14. The Morgan fingerprint density at radius 2 is 1.81 bits per heavy atom. The zero-order valence-corrected chi connectivity index (χ0v) is 14.2. The molecule has 0 bridgehead atoms. The summed E-state index contributed by atoms with van der Waals surface area (Å²) in [5.74, 6) is 0. The first-order chi connectivity index (χ1) is 10.0. The van der Waals surface area contributed by atoms with Gasteiger partial charge in [0.2, 0.25) is 0 Å². The topological polar surface area (TPSA) is 45.4 Å². The molecule has 1 aliphatic carbocycles. The molecule has 0 atom stereocenters. The molecule has 2 aliphatic rings. The van der Waals surface area contributed by atoms with E-state index in [1.165, 1.54) is 30.8 Å². The molecule has 4 nitrogen and oxygen atoms in total. The van der Waals surface area contributed by atoms with Crippen LogP contribution in [0.2, 0.25) is 0 Å². The molecule has 5 heteroatoms. The van der Waals surface area contributed by atoms with Crippen LogP contribution in [0.4, 0.5) is 5.13 Å². The Labute approximate surface area is 132 Å². The molecule has 1 aliphatic heterocycles. The van der Waals surface area contributed by atoms with Gasteiger partial charge in [-0.2, -0.15) is 0 Å². The van der Waals surface area contributed by atoms with Crippen molar-refractivity contribution in [3.8, 4) is 0 Å². The van der Waals surface area contributed by atoms with Crippen LogP contribution in [-0.4, -0.2) is 48.1 Å². The van der Waals surface area contributed by atoms with Crippen molar-refractivity contribution < 1.29 is 0 Å². The van der Waals surface area contributed by atoms with E-state index in [0.29, 0.717) is 5.41 Å². The minimum atomic E-state index is 0.254. The molecule has 3 rings (SSSR count). The van der Waals surface area contributed by atoms with Crippen LogP contribution in [0, 0.1) is 5.41 Å². The summed E-state index contributed by atoms with van der Waals surface area (Å²) < 4.78 is 0. The van der Waals surface area contributed by atoms with Gasteiger partial charge in [-0.25, -0.2) is 4.98 Å². The molecule has 1 aromatic heterocycles. The van der Waals surface area contributed by atoms with E-state index in [4.69, 9.17) is 5.73 Å². The van der Waals surface area contributed by atoms with Crippen molar-refractivity contribution in [3.05, 3.63) is 11.6 Å². The summed E-state index contributed by atoms with van der Waals surface area (Å²) in [6.07, 6.45) is 7.02. The monoisotopic (exact) mass is 308 g/mol. The van der Waals surface area contributed by atoms with Crippen LogP contribution in [-0.2, 0) is 0 Å². The number of aromatic nitrogens is 1. The predicted octanol–water partition coefficient (Wildman–Crippen LogP) is 2.56. The van der Waals surface area contributed by atoms with Gasteiger partial charge >= 0.3 is 0 Å². The standard InChI is InChI=1S/C16H28N4S/c1-15(2)3-5-16(13-17,6-4-15)20-10-8-19(9-11-20)14-18-7-12-21-14/h7,12H,3-6,8-11,13,17H2,1-2H3. The molecule has 2 fully saturated rings. The number of anilines is 1. The molecule has 2 heterocycles. The van der Waals surface area contributed by atoms with Crippen molar-refractivity contribution in [2.75, 3.05) is 37.6 Å². The average molecular weight is 308 g/mol. The molecule has 118 valence electrons. The lowest BCUT2D eigenvalue weighted by Crippen LogP contribution is -2.61. The first-order valence-corrected chi connectivity index (χ1v) is 9.02. The molecule has 0 radical (unpaired) electrons. The lowest BCUT2D eigenvalue weighted by Gasteiger charge is -2.52. The molecule has 1 saturated heterocycles. The van der Waals surface area contributed by atoms with Crippen molar-refractivity contribution >= 4 is 16.5 Å². The SMILES string of the molecule is CC1(C)CCC(CN)(N2CCN(c3nccs3)CC2)CC1. The van der Waals surface area contributed by atoms with Gasteiger partial charge in [-0.05, 0) is 31.1 Å². The van der Waals surface area contributed by atoms with Crippen molar-refractivity contribution in [3.63, 3.8) is 0 Å². The predicted molar refractivity (Wildman–Crippen MR) is 89.9 cm³/mol. The zero-order valence-electron chi connectivity index (χ0n) is 13.3. The maximum Gasteiger partial charge on any atom is 0.185 e. The summed E-state index contributed by atoms with van der Waals surface area (Å²) >= 11 is 1.74. The number of thiazole rings is 1. The van der Waals surface area contributed by atoms with E-state index in [1.54, 1.807) is 11.3 Å². The Morgan fingerprint density at radius 1 is 1.14 bits per heavy atom. The third-order valence-electron chi connectivity index (χ3n) is 5.55. The zero-order chi connectivity index (χ0) is 14.9. The Morgan fingerprint density at radius 3 is 2.33 bits per heavy atom. The highest BCUT2D eigenvalue weighted by atomic mass is 32.1. The van der Waals surface area contributed by atoms with E-state index in [-0.39, 0.29) is 5.54 Å². The number of hydrogen-bond acceptors (Lipinski definition) is 5. The van der Waals surface area contributed by atoms with Crippen molar-refractivity contribution in [2.24, 2.45) is 11.1 Å². The highest BCUT2D eigenvalue weighted by molar-refractivity contribution is 7.13. The molecule has 0 unspecified atom stereocenters. The van der Waals surface area contributed by atoms with Gasteiger partial charge in [0.15, 0.2) is 5.13 Å². The molecular formula is C16H28N4S. The summed E-state index contributed by atoms with van der Waals surface area (Å²) in [5, 5.41) is 3.23. The highest BCUT2D eigenvalue weighted by Crippen LogP contribution is 2.43. The maximum atomic E-state index is 6.22. The fourth-order valence-electron chi connectivity index (χ4n) is 3.79. The highest BCUT2D eigenvalue weighted by Gasteiger charge is 2.42. The molecule has 2 N–H and O–H groups in total. The summed E-state index contributed by atoms with van der Waals surface area (Å²) in [6.45, 7) is 10.0. The van der Waals surface area contributed by atoms with Crippen LogP contribution in [0.5, 0.6) is 0 Å². The van der Waals surface area contributed by atoms with E-state index in [1.807, 2.05) is 6.20 Å². The Balaban J connectivity index is 1.62. The van der Waals surface area contributed by atoms with Crippen LogP contribution < -0.4 is 10.6 Å². The van der Waals surface area contributed by atoms with Crippen LogP contribution >= 0.6 is 11.3 Å². The fourth-order valence-corrected chi connectivity index (χ4v) is 4.48. The van der Waals surface area contributed by atoms with E-state index >= 15 is 0 Å². The Kier molecular flexibility index (Phi) is 4.26. The number of hydrogen-bond donors (Lipinski definition) is 1. The molecule has 1 aromatic rings. The third kappa shape index (κ3) is 3.10. The molecule has 0 spiro atoms. The third-order valence-corrected chi connectivity index (χ3v) is 6.39. The van der Waals surface area contributed by atoms with Crippen molar-refractivity contribution in [2.45, 2.75) is 45.1 Å². The van der Waals surface area contributed by atoms with Crippen molar-refractivity contribution in [1.82, 2.24) is 9.88 Å². The summed E-state index contributed by atoms with van der Waals surface area (Å²) in [4.78, 5) is 9.52. The number of nitrogens with zero attached hydrogens (tertiary/aromatic N) is 3. The fraction of sp³-hybridized carbons (Fsp3) is 0.812. The Bertz CT molecular complexity index is 439. The lowest BCUT2D eigenvalue weighted by molar-refractivity contribution is 0.0193. The minimum Gasteiger partial charge on any atom is -0.346 e. The van der Waals surface area contributed by atoms with Crippen LogP contribution in [0.1, 0.15) is 39.5 Å². The van der Waals surface area contributed by atoms with Gasteiger partial charge in [-0.3, -0.25) is 4.90 Å². The molecular weight excluding hydrogens is 280 g/mol. The molecule has 0 amide bonds. The second kappa shape index (κ2) is 5.86. The van der Waals surface area contributed by atoms with E-state index < -0.39 is 0 Å². The normalized spacial score (nSPS) is 26.0. The summed E-state index contributed by atoms with van der Waals surface area (Å²) in [7, 11) is 0. The summed E-state index contributed by atoms with van der Waals surface area (Å²) in [5.41, 5.74) is 6.98. The average Bonchev–Trinajstić information content (AvgIpc) is 3.03. The first kappa shape index (κ1) is 15.3. The van der Waals surface area contributed by atoms with Crippen LogP contribution in [0.3, 0.4) is 0 Å². The summed E-state index contributed by atoms with van der Waals surface area (Å²) in [6, 6.07) is 0. The van der Waals surface area contributed by atoms with E-state index in [9.17, 15) is 0 Å². The molecule has 1 saturated carbocycles. The van der Waals surface area contributed by atoms with Crippen LogP contribution in [0.25, 0.3) is 0 Å². The second-order valence-electron chi connectivity index (χ2n) is 7.38. The number of nitrogens with two attached hydrogens (primary N) is 1. The minimum absolute atomic E-state index is 0.254. The van der Waals surface area contributed by atoms with Gasteiger partial charge in [0.25, 0.3) is 0 Å². The largest absolute Gasteiger partial charge is 0.346 e. The van der Waals surface area contributed by atoms with Gasteiger partial charge < -0.3 is 10.6 Å². The maximum absolute atomic E-state index is 6.22. The lowest BCUT2D eigenvalue weighted by atomic mass is 9.68. The van der Waals surface area contributed by atoms with Gasteiger partial charge in [-0.1, -0.05) is 13.8 Å². The second-order valence-corrected chi connectivity index (χ2v) is 8.25. The van der Waals surface area contributed by atoms with Crippen molar-refractivity contribution in [1.29, 1.82) is 0 Å². The molecule has 21 heavy (non-hydrogen) atoms. The molecule has 0 aromatic carbocycles. The number of rotatable bonds is 3. The van der Waals surface area contributed by atoms with E-state index in [2.05, 4.69) is 34.0 Å². The van der Waals surface area contributed by atoms with E-state index in [0.717, 1.165) is 32.7 Å². The number of piperazine rings is 1. The smallest absolute Gasteiger partial charge is 0.185 e. The Hall–Kier alpha value is -0.650. The van der Waals surface area contributed by atoms with Gasteiger partial charge in [-0.15, -0.1) is 11.3 Å². The van der Waals surface area contributed by atoms with Crippen LogP contribution in [0.15, 0.2) is 11.6 Å². The van der Waals surface area contributed by atoms with Gasteiger partial charge in [0, 0.05) is 49.8 Å². The quantitative estimate of drug-likeness (QED) is 0.932. The van der Waals surface area contributed by atoms with Gasteiger partial charge in [0.1, 0.15) is 0 Å². The van der Waals surface area contributed by atoms with Gasteiger partial charge in [0.05, 0.1) is 0 Å².